The molecule has 1 unspecified atom stereocenters. The Hall–Kier alpha value is -0.850. The summed E-state index contributed by atoms with van der Waals surface area (Å²) < 4.78 is 0. The van der Waals surface area contributed by atoms with Gasteiger partial charge in [-0.1, -0.05) is 6.92 Å². The van der Waals surface area contributed by atoms with Crippen molar-refractivity contribution < 1.29 is 0 Å². The van der Waals surface area contributed by atoms with Crippen LogP contribution >= 0.6 is 0 Å². The molecule has 0 radical (unpaired) electrons. The molecule has 0 bridgehead atoms. The second kappa shape index (κ2) is 8.31. The number of hydrogen-bond donors (Lipinski definition) is 1. The van der Waals surface area contributed by atoms with Crippen LogP contribution in [0.2, 0.25) is 0 Å². The lowest BCUT2D eigenvalue weighted by atomic mass is 10.3. The van der Waals surface area contributed by atoms with E-state index in [2.05, 4.69) is 38.9 Å². The number of nitrogens with one attached hydrogen (secondary N) is 1. The highest BCUT2D eigenvalue weighted by Crippen LogP contribution is 2.10. The first-order valence-electron chi connectivity index (χ1n) is 9.44. The number of likely N-dealkylation sites (N-methyl/N-ethyl adjacent to an activating group) is 2. The summed E-state index contributed by atoms with van der Waals surface area (Å²) in [6, 6.07) is 0.430. The lowest BCUT2D eigenvalue weighted by Gasteiger charge is -2.22. The van der Waals surface area contributed by atoms with Crippen molar-refractivity contribution in [3.8, 4) is 0 Å². The van der Waals surface area contributed by atoms with E-state index in [0.717, 1.165) is 38.7 Å². The molecule has 132 valence electrons. The summed E-state index contributed by atoms with van der Waals surface area (Å²) in [5.41, 5.74) is 0. The molecule has 6 nitrogen and oxygen atoms in total. The first kappa shape index (κ1) is 17.0. The average molecular weight is 323 g/mol. The Bertz CT molecular complexity index is 399. The van der Waals surface area contributed by atoms with Gasteiger partial charge >= 0.3 is 0 Å². The highest BCUT2D eigenvalue weighted by molar-refractivity contribution is 5.81. The third kappa shape index (κ3) is 4.81. The number of hydrogen-bond acceptors (Lipinski definition) is 6. The summed E-state index contributed by atoms with van der Waals surface area (Å²) in [5.74, 6) is 1.15. The molecule has 0 aliphatic carbocycles. The SMILES string of the molecule is CCN1CCCN(CC2CNC(N3CCCN(C)CC3)=N2)CC1. The van der Waals surface area contributed by atoms with Crippen LogP contribution in [0.4, 0.5) is 0 Å². The van der Waals surface area contributed by atoms with Gasteiger partial charge in [-0.2, -0.15) is 0 Å². The van der Waals surface area contributed by atoms with Crippen LogP contribution in [0.5, 0.6) is 0 Å². The van der Waals surface area contributed by atoms with Crippen LogP contribution in [0.3, 0.4) is 0 Å². The third-order valence-corrected chi connectivity index (χ3v) is 5.42. The maximum absolute atomic E-state index is 5.00. The molecule has 2 fully saturated rings. The third-order valence-electron chi connectivity index (χ3n) is 5.42. The van der Waals surface area contributed by atoms with Crippen molar-refractivity contribution >= 4 is 5.96 Å². The Labute approximate surface area is 141 Å². The summed E-state index contributed by atoms with van der Waals surface area (Å²) in [6.45, 7) is 15.1. The van der Waals surface area contributed by atoms with Crippen molar-refractivity contribution in [2.75, 3.05) is 79.0 Å². The predicted octanol–water partition coefficient (Wildman–Crippen LogP) is -0.0207. The molecular formula is C17H34N6. The van der Waals surface area contributed by atoms with Gasteiger partial charge in [-0.15, -0.1) is 0 Å². The standard InChI is InChI=1S/C17H34N6/c1-3-21-7-5-8-22(12-11-21)15-16-14-18-17(19-16)23-9-4-6-20(2)10-13-23/h16H,3-15H2,1-2H3,(H,18,19). The zero-order chi connectivity index (χ0) is 16.1. The maximum atomic E-state index is 5.00. The highest BCUT2D eigenvalue weighted by atomic mass is 15.4. The van der Waals surface area contributed by atoms with Gasteiger partial charge in [-0.25, -0.2) is 4.99 Å². The van der Waals surface area contributed by atoms with Crippen molar-refractivity contribution in [1.82, 2.24) is 24.9 Å². The second-order valence-electron chi connectivity index (χ2n) is 7.22. The van der Waals surface area contributed by atoms with Gasteiger partial charge in [-0.05, 0) is 46.1 Å². The molecule has 0 aromatic carbocycles. The average Bonchev–Trinajstić information content (AvgIpc) is 2.75. The van der Waals surface area contributed by atoms with Crippen LogP contribution in [-0.4, -0.2) is 111 Å². The van der Waals surface area contributed by atoms with E-state index in [9.17, 15) is 0 Å². The molecule has 0 amide bonds. The van der Waals surface area contributed by atoms with Gasteiger partial charge in [0.15, 0.2) is 5.96 Å². The van der Waals surface area contributed by atoms with Gasteiger partial charge in [0.1, 0.15) is 0 Å². The molecule has 23 heavy (non-hydrogen) atoms. The van der Waals surface area contributed by atoms with Gasteiger partial charge < -0.3 is 20.0 Å². The molecule has 3 aliphatic heterocycles. The maximum Gasteiger partial charge on any atom is 0.194 e. The Morgan fingerprint density at radius 1 is 0.957 bits per heavy atom. The quantitative estimate of drug-likeness (QED) is 0.790. The van der Waals surface area contributed by atoms with E-state index in [1.54, 1.807) is 0 Å². The van der Waals surface area contributed by atoms with Gasteiger partial charge in [0.05, 0.1) is 6.04 Å². The molecular weight excluding hydrogens is 288 g/mol. The fourth-order valence-corrected chi connectivity index (χ4v) is 3.85. The van der Waals surface area contributed by atoms with Crippen molar-refractivity contribution in [3.63, 3.8) is 0 Å². The minimum atomic E-state index is 0.430. The van der Waals surface area contributed by atoms with Crippen molar-refractivity contribution in [2.45, 2.75) is 25.8 Å². The molecule has 1 N–H and O–H groups in total. The molecule has 3 rings (SSSR count). The topological polar surface area (TPSA) is 37.4 Å². The summed E-state index contributed by atoms with van der Waals surface area (Å²) in [5, 5.41) is 3.56. The largest absolute Gasteiger partial charge is 0.354 e. The van der Waals surface area contributed by atoms with E-state index in [4.69, 9.17) is 4.99 Å². The molecule has 3 heterocycles. The molecule has 0 aromatic heterocycles. The highest BCUT2D eigenvalue weighted by Gasteiger charge is 2.25. The summed E-state index contributed by atoms with van der Waals surface area (Å²) in [6.07, 6.45) is 2.53. The van der Waals surface area contributed by atoms with Crippen molar-refractivity contribution in [1.29, 1.82) is 0 Å². The molecule has 2 saturated heterocycles. The Balaban J connectivity index is 1.49. The predicted molar refractivity (Wildman–Crippen MR) is 96.1 cm³/mol. The number of aliphatic imine (C=N–C) groups is 1. The Morgan fingerprint density at radius 3 is 2.61 bits per heavy atom. The van der Waals surface area contributed by atoms with E-state index in [1.807, 2.05) is 0 Å². The first-order chi connectivity index (χ1) is 11.2. The van der Waals surface area contributed by atoms with Crippen LogP contribution in [-0.2, 0) is 0 Å². The first-order valence-corrected chi connectivity index (χ1v) is 9.44. The van der Waals surface area contributed by atoms with Crippen LogP contribution in [0.1, 0.15) is 19.8 Å². The van der Waals surface area contributed by atoms with Crippen LogP contribution < -0.4 is 5.32 Å². The van der Waals surface area contributed by atoms with Gasteiger partial charge in [-0.3, -0.25) is 4.90 Å². The summed E-state index contributed by atoms with van der Waals surface area (Å²) in [4.78, 5) is 15.1. The minimum absolute atomic E-state index is 0.430. The number of nitrogens with zero attached hydrogens (tertiary/aromatic N) is 5. The van der Waals surface area contributed by atoms with E-state index in [-0.39, 0.29) is 0 Å². The molecule has 1 atom stereocenters. The lowest BCUT2D eigenvalue weighted by Crippen LogP contribution is -2.41. The van der Waals surface area contributed by atoms with Gasteiger partial charge in [0, 0.05) is 45.8 Å². The van der Waals surface area contributed by atoms with Crippen LogP contribution in [0.25, 0.3) is 0 Å². The van der Waals surface area contributed by atoms with Crippen LogP contribution in [0.15, 0.2) is 4.99 Å². The lowest BCUT2D eigenvalue weighted by molar-refractivity contribution is 0.254. The fourth-order valence-electron chi connectivity index (χ4n) is 3.85. The van der Waals surface area contributed by atoms with E-state index in [0.29, 0.717) is 6.04 Å². The van der Waals surface area contributed by atoms with E-state index in [1.165, 1.54) is 52.1 Å². The van der Waals surface area contributed by atoms with Gasteiger partial charge in [0.2, 0.25) is 0 Å². The zero-order valence-electron chi connectivity index (χ0n) is 15.0. The van der Waals surface area contributed by atoms with Crippen molar-refractivity contribution in [3.05, 3.63) is 0 Å². The Kier molecular flexibility index (Phi) is 6.14. The summed E-state index contributed by atoms with van der Waals surface area (Å²) in [7, 11) is 2.22. The minimum Gasteiger partial charge on any atom is -0.354 e. The van der Waals surface area contributed by atoms with Crippen LogP contribution in [0, 0.1) is 0 Å². The Morgan fingerprint density at radius 2 is 1.74 bits per heavy atom. The fraction of sp³-hybridized carbons (Fsp3) is 0.941. The normalized spacial score (nSPS) is 29.0. The molecule has 0 spiro atoms. The molecule has 3 aliphatic rings. The monoisotopic (exact) mass is 322 g/mol. The molecule has 0 aromatic rings. The van der Waals surface area contributed by atoms with E-state index >= 15 is 0 Å². The number of rotatable bonds is 3. The number of guanidine groups is 1. The second-order valence-corrected chi connectivity index (χ2v) is 7.22. The van der Waals surface area contributed by atoms with Crippen molar-refractivity contribution in [2.24, 2.45) is 4.99 Å². The summed E-state index contributed by atoms with van der Waals surface area (Å²) >= 11 is 0. The zero-order valence-corrected chi connectivity index (χ0v) is 15.0. The molecule has 6 heteroatoms. The smallest absolute Gasteiger partial charge is 0.194 e. The van der Waals surface area contributed by atoms with E-state index < -0.39 is 0 Å². The molecule has 0 saturated carbocycles. The van der Waals surface area contributed by atoms with Gasteiger partial charge in [0.25, 0.3) is 0 Å².